The summed E-state index contributed by atoms with van der Waals surface area (Å²) < 4.78 is 26.1. The van der Waals surface area contributed by atoms with E-state index in [-0.39, 0.29) is 30.8 Å². The molecule has 7 nitrogen and oxygen atoms in total. The molecule has 0 aliphatic carbocycles. The topological polar surface area (TPSA) is 86.8 Å². The van der Waals surface area contributed by atoms with Crippen molar-refractivity contribution >= 4 is 27.5 Å². The third kappa shape index (κ3) is 8.69. The van der Waals surface area contributed by atoms with Crippen molar-refractivity contribution in [3.8, 4) is 0 Å². The molecular weight excluding hydrogens is 462 g/mol. The molecule has 0 aromatic heterocycles. The Morgan fingerprint density at radius 1 is 1.00 bits per heavy atom. The summed E-state index contributed by atoms with van der Waals surface area (Å²) in [5.41, 5.74) is 3.63. The fourth-order valence-electron chi connectivity index (χ4n) is 3.77. The minimum absolute atomic E-state index is 0.0127. The highest BCUT2D eigenvalue weighted by molar-refractivity contribution is 7.92. The molecule has 2 aromatic rings. The van der Waals surface area contributed by atoms with E-state index in [1.165, 1.54) is 10.6 Å². The average Bonchev–Trinajstić information content (AvgIpc) is 2.79. The van der Waals surface area contributed by atoms with Gasteiger partial charge in [0.05, 0.1) is 11.9 Å². The Kier molecular flexibility index (Phi) is 10.3. The van der Waals surface area contributed by atoms with Crippen LogP contribution in [0.1, 0.15) is 56.7 Å². The third-order valence-corrected chi connectivity index (χ3v) is 7.27. The van der Waals surface area contributed by atoms with Crippen LogP contribution in [-0.4, -0.2) is 50.0 Å². The number of aryl methyl sites for hydroxylation is 2. The number of rotatable bonds is 12. The Labute approximate surface area is 210 Å². The van der Waals surface area contributed by atoms with E-state index in [1.807, 2.05) is 64.1 Å². The van der Waals surface area contributed by atoms with Gasteiger partial charge in [0.15, 0.2) is 0 Å². The first kappa shape index (κ1) is 28.4. The van der Waals surface area contributed by atoms with E-state index >= 15 is 0 Å². The second kappa shape index (κ2) is 12.7. The van der Waals surface area contributed by atoms with E-state index in [9.17, 15) is 18.0 Å². The molecule has 1 N–H and O–H groups in total. The molecule has 2 aromatic carbocycles. The van der Waals surface area contributed by atoms with Crippen molar-refractivity contribution in [3.05, 3.63) is 65.2 Å². The quantitative estimate of drug-likeness (QED) is 0.473. The summed E-state index contributed by atoms with van der Waals surface area (Å²) in [6.07, 6.45) is 2.43. The second-order valence-electron chi connectivity index (χ2n) is 9.28. The fraction of sp³-hybridized carbons (Fsp3) is 0.481. The molecule has 0 aliphatic rings. The Hall–Kier alpha value is -2.87. The van der Waals surface area contributed by atoms with Gasteiger partial charge in [-0.25, -0.2) is 8.42 Å². The first-order chi connectivity index (χ1) is 16.4. The second-order valence-corrected chi connectivity index (χ2v) is 11.2. The molecule has 0 aliphatic heterocycles. The van der Waals surface area contributed by atoms with Gasteiger partial charge in [-0.15, -0.1) is 0 Å². The van der Waals surface area contributed by atoms with Crippen LogP contribution in [0.3, 0.4) is 0 Å². The van der Waals surface area contributed by atoms with Crippen molar-refractivity contribution in [3.63, 3.8) is 0 Å². The van der Waals surface area contributed by atoms with Crippen LogP contribution in [0.4, 0.5) is 5.69 Å². The summed E-state index contributed by atoms with van der Waals surface area (Å²) in [6.45, 7) is 10.1. The van der Waals surface area contributed by atoms with Gasteiger partial charge in [0, 0.05) is 25.6 Å². The monoisotopic (exact) mass is 501 g/mol. The number of sulfonamides is 1. The van der Waals surface area contributed by atoms with Crippen molar-refractivity contribution < 1.29 is 18.0 Å². The predicted molar refractivity (Wildman–Crippen MR) is 142 cm³/mol. The lowest BCUT2D eigenvalue weighted by molar-refractivity contribution is -0.140. The average molecular weight is 502 g/mol. The molecule has 2 atom stereocenters. The van der Waals surface area contributed by atoms with E-state index in [4.69, 9.17) is 0 Å². The van der Waals surface area contributed by atoms with Gasteiger partial charge in [0.1, 0.15) is 6.04 Å². The molecule has 8 heteroatoms. The van der Waals surface area contributed by atoms with E-state index < -0.39 is 16.1 Å². The molecule has 0 bridgehead atoms. The highest BCUT2D eigenvalue weighted by Gasteiger charge is 2.27. The Morgan fingerprint density at radius 3 is 2.23 bits per heavy atom. The van der Waals surface area contributed by atoms with Crippen LogP contribution in [0.2, 0.25) is 0 Å². The minimum atomic E-state index is -3.50. The van der Waals surface area contributed by atoms with E-state index in [0.29, 0.717) is 18.7 Å². The summed E-state index contributed by atoms with van der Waals surface area (Å²) in [7, 11) is -3.50. The maximum Gasteiger partial charge on any atom is 0.242 e. The highest BCUT2D eigenvalue weighted by Crippen LogP contribution is 2.20. The van der Waals surface area contributed by atoms with Crippen LogP contribution in [0, 0.1) is 13.8 Å². The maximum atomic E-state index is 13.3. The van der Waals surface area contributed by atoms with Crippen LogP contribution in [0.25, 0.3) is 0 Å². The molecular formula is C27H39N3O4S. The van der Waals surface area contributed by atoms with Gasteiger partial charge in [0.25, 0.3) is 0 Å². The van der Waals surface area contributed by atoms with Crippen molar-refractivity contribution in [1.82, 2.24) is 10.2 Å². The number of carbonyl (C=O) groups is 2. The number of amides is 2. The van der Waals surface area contributed by atoms with Gasteiger partial charge >= 0.3 is 0 Å². The molecule has 0 radical (unpaired) electrons. The summed E-state index contributed by atoms with van der Waals surface area (Å²) in [5.74, 6) is -0.381. The van der Waals surface area contributed by atoms with E-state index in [2.05, 4.69) is 5.32 Å². The molecule has 0 saturated heterocycles. The number of nitrogens with one attached hydrogen (secondary N) is 1. The van der Waals surface area contributed by atoms with Crippen molar-refractivity contribution in [2.24, 2.45) is 0 Å². The standard InChI is InChI=1S/C27H39N3O4S/c1-7-22(4)28-27(32)23(5)29(19-24-11-8-10-21(3)18-24)26(31)12-9-17-30(35(6,33)34)25-15-13-20(2)14-16-25/h8,10-11,13-16,18,22-23H,7,9,12,17,19H2,1-6H3,(H,28,32)/t22-,23-/m0/s1. The lowest BCUT2D eigenvalue weighted by Crippen LogP contribution is -2.49. The Bertz CT molecular complexity index is 1100. The number of benzene rings is 2. The molecule has 2 rings (SSSR count). The van der Waals surface area contributed by atoms with Crippen LogP contribution in [0.15, 0.2) is 48.5 Å². The maximum absolute atomic E-state index is 13.3. The van der Waals surface area contributed by atoms with Gasteiger partial charge in [-0.2, -0.15) is 0 Å². The highest BCUT2D eigenvalue weighted by atomic mass is 32.2. The lowest BCUT2D eigenvalue weighted by Gasteiger charge is -2.30. The molecule has 0 unspecified atom stereocenters. The fourth-order valence-corrected chi connectivity index (χ4v) is 4.74. The van der Waals surface area contributed by atoms with Crippen LogP contribution < -0.4 is 9.62 Å². The number of nitrogens with zero attached hydrogens (tertiary/aromatic N) is 2. The number of anilines is 1. The van der Waals surface area contributed by atoms with E-state index in [0.717, 1.165) is 23.1 Å². The summed E-state index contributed by atoms with van der Waals surface area (Å²) >= 11 is 0. The third-order valence-electron chi connectivity index (χ3n) is 6.08. The van der Waals surface area contributed by atoms with Gasteiger partial charge in [0.2, 0.25) is 21.8 Å². The van der Waals surface area contributed by atoms with Gasteiger partial charge < -0.3 is 10.2 Å². The number of hydrogen-bond acceptors (Lipinski definition) is 4. The molecule has 0 fully saturated rings. The van der Waals surface area contributed by atoms with Crippen LogP contribution in [-0.2, 0) is 26.2 Å². The normalized spacial score (nSPS) is 13.1. The SMILES string of the molecule is CC[C@H](C)NC(=O)[C@H](C)N(Cc1cccc(C)c1)C(=O)CCCN(c1ccc(C)cc1)S(C)(=O)=O. The van der Waals surface area contributed by atoms with Crippen LogP contribution in [0.5, 0.6) is 0 Å². The minimum Gasteiger partial charge on any atom is -0.352 e. The zero-order chi connectivity index (χ0) is 26.2. The van der Waals surface area contributed by atoms with Gasteiger partial charge in [-0.05, 0) is 58.2 Å². The largest absolute Gasteiger partial charge is 0.352 e. The molecule has 0 heterocycles. The zero-order valence-corrected chi connectivity index (χ0v) is 22.6. The molecule has 0 saturated carbocycles. The summed E-state index contributed by atoms with van der Waals surface area (Å²) in [5, 5.41) is 2.96. The first-order valence-corrected chi connectivity index (χ1v) is 14.0. The number of hydrogen-bond donors (Lipinski definition) is 1. The molecule has 0 spiro atoms. The van der Waals surface area contributed by atoms with Crippen molar-refractivity contribution in [2.75, 3.05) is 17.1 Å². The molecule has 2 amide bonds. The summed E-state index contributed by atoms with van der Waals surface area (Å²) in [4.78, 5) is 27.8. The summed E-state index contributed by atoms with van der Waals surface area (Å²) in [6, 6.07) is 14.5. The molecule has 192 valence electrons. The zero-order valence-electron chi connectivity index (χ0n) is 21.7. The van der Waals surface area contributed by atoms with Crippen molar-refractivity contribution in [2.45, 2.75) is 72.5 Å². The molecule has 35 heavy (non-hydrogen) atoms. The van der Waals surface area contributed by atoms with E-state index in [1.54, 1.807) is 24.0 Å². The van der Waals surface area contributed by atoms with Gasteiger partial charge in [-0.1, -0.05) is 54.4 Å². The smallest absolute Gasteiger partial charge is 0.242 e. The Morgan fingerprint density at radius 2 is 1.66 bits per heavy atom. The van der Waals surface area contributed by atoms with Crippen molar-refractivity contribution in [1.29, 1.82) is 0 Å². The predicted octanol–water partition coefficient (Wildman–Crippen LogP) is 4.18. The number of carbonyl (C=O) groups excluding carboxylic acids is 2. The lowest BCUT2D eigenvalue weighted by atomic mass is 10.1. The van der Waals surface area contributed by atoms with Crippen LogP contribution >= 0.6 is 0 Å². The Balaban J connectivity index is 2.16. The first-order valence-electron chi connectivity index (χ1n) is 12.1. The van der Waals surface area contributed by atoms with Gasteiger partial charge in [-0.3, -0.25) is 13.9 Å².